The number of nitrogens with zero attached hydrogens (tertiary/aromatic N) is 1. The SMILES string of the molecule is Cc1ccccc1N(CCCN)C(C)C(=O)NC(C)(C)C. The van der Waals surface area contributed by atoms with Crippen LogP contribution in [0.4, 0.5) is 5.69 Å². The van der Waals surface area contributed by atoms with Gasteiger partial charge in [0.05, 0.1) is 0 Å². The molecule has 0 radical (unpaired) electrons. The Kier molecular flexibility index (Phi) is 6.21. The highest BCUT2D eigenvalue weighted by molar-refractivity contribution is 5.85. The Morgan fingerprint density at radius 1 is 1.33 bits per heavy atom. The van der Waals surface area contributed by atoms with Crippen molar-refractivity contribution in [3.63, 3.8) is 0 Å². The first kappa shape index (κ1) is 17.5. The summed E-state index contributed by atoms with van der Waals surface area (Å²) in [6.07, 6.45) is 0.863. The summed E-state index contributed by atoms with van der Waals surface area (Å²) in [6, 6.07) is 7.93. The van der Waals surface area contributed by atoms with Gasteiger partial charge in [-0.1, -0.05) is 18.2 Å². The molecule has 4 heteroatoms. The fourth-order valence-electron chi connectivity index (χ4n) is 2.29. The molecule has 0 aliphatic heterocycles. The van der Waals surface area contributed by atoms with Crippen molar-refractivity contribution in [3.8, 4) is 0 Å². The number of hydrogen-bond donors (Lipinski definition) is 2. The normalized spacial score (nSPS) is 12.9. The lowest BCUT2D eigenvalue weighted by molar-refractivity contribution is -0.123. The molecule has 21 heavy (non-hydrogen) atoms. The maximum absolute atomic E-state index is 12.5. The molecular formula is C17H29N3O. The molecule has 0 aliphatic rings. The lowest BCUT2D eigenvalue weighted by Crippen LogP contribution is -2.51. The van der Waals surface area contributed by atoms with Gasteiger partial charge in [-0.05, 0) is 59.2 Å². The number of nitrogens with two attached hydrogens (primary N) is 1. The zero-order chi connectivity index (χ0) is 16.0. The largest absolute Gasteiger partial charge is 0.360 e. The molecular weight excluding hydrogens is 262 g/mol. The molecule has 0 fully saturated rings. The van der Waals surface area contributed by atoms with Crippen LogP contribution in [-0.4, -0.2) is 30.6 Å². The number of nitrogens with one attached hydrogen (secondary N) is 1. The van der Waals surface area contributed by atoms with E-state index in [1.807, 2.05) is 39.8 Å². The van der Waals surface area contributed by atoms with E-state index < -0.39 is 0 Å². The third kappa shape index (κ3) is 5.38. The molecule has 0 bridgehead atoms. The number of benzene rings is 1. The summed E-state index contributed by atoms with van der Waals surface area (Å²) >= 11 is 0. The Labute approximate surface area is 128 Å². The van der Waals surface area contributed by atoms with Crippen molar-refractivity contribution in [1.29, 1.82) is 0 Å². The molecule has 0 saturated carbocycles. The average molecular weight is 291 g/mol. The maximum Gasteiger partial charge on any atom is 0.242 e. The van der Waals surface area contributed by atoms with Crippen LogP contribution in [0, 0.1) is 6.92 Å². The van der Waals surface area contributed by atoms with Crippen molar-refractivity contribution < 1.29 is 4.79 Å². The number of carbonyl (C=O) groups excluding carboxylic acids is 1. The van der Waals surface area contributed by atoms with Gasteiger partial charge in [0.15, 0.2) is 0 Å². The van der Waals surface area contributed by atoms with Gasteiger partial charge in [-0.25, -0.2) is 0 Å². The third-order valence-corrected chi connectivity index (χ3v) is 3.37. The smallest absolute Gasteiger partial charge is 0.242 e. The number of anilines is 1. The van der Waals surface area contributed by atoms with Gasteiger partial charge in [-0.2, -0.15) is 0 Å². The molecule has 4 nitrogen and oxygen atoms in total. The molecule has 0 spiro atoms. The monoisotopic (exact) mass is 291 g/mol. The van der Waals surface area contributed by atoms with E-state index in [4.69, 9.17) is 5.73 Å². The van der Waals surface area contributed by atoms with Gasteiger partial charge >= 0.3 is 0 Å². The Morgan fingerprint density at radius 2 is 1.95 bits per heavy atom. The van der Waals surface area contributed by atoms with Crippen LogP contribution in [0.2, 0.25) is 0 Å². The van der Waals surface area contributed by atoms with Crippen LogP contribution in [0.25, 0.3) is 0 Å². The molecule has 118 valence electrons. The Balaban J connectivity index is 2.97. The number of hydrogen-bond acceptors (Lipinski definition) is 3. The van der Waals surface area contributed by atoms with Gasteiger partial charge in [0.2, 0.25) is 5.91 Å². The van der Waals surface area contributed by atoms with E-state index in [0.717, 1.165) is 18.7 Å². The molecule has 1 atom stereocenters. The second-order valence-electron chi connectivity index (χ2n) is 6.54. The summed E-state index contributed by atoms with van der Waals surface area (Å²) in [4.78, 5) is 14.6. The van der Waals surface area contributed by atoms with Crippen molar-refractivity contribution in [2.24, 2.45) is 5.73 Å². The number of carbonyl (C=O) groups is 1. The number of rotatable bonds is 6. The predicted octanol–water partition coefficient (Wildman–Crippen LogP) is 2.45. The third-order valence-electron chi connectivity index (χ3n) is 3.37. The van der Waals surface area contributed by atoms with Crippen LogP contribution in [0.15, 0.2) is 24.3 Å². The molecule has 3 N–H and O–H groups in total. The highest BCUT2D eigenvalue weighted by atomic mass is 16.2. The zero-order valence-electron chi connectivity index (χ0n) is 13.9. The average Bonchev–Trinajstić information content (AvgIpc) is 2.38. The zero-order valence-corrected chi connectivity index (χ0v) is 13.9. The van der Waals surface area contributed by atoms with Gasteiger partial charge in [-0.3, -0.25) is 4.79 Å². The summed E-state index contributed by atoms with van der Waals surface area (Å²) in [5, 5.41) is 3.05. The minimum Gasteiger partial charge on any atom is -0.360 e. The van der Waals surface area contributed by atoms with E-state index in [-0.39, 0.29) is 17.5 Å². The van der Waals surface area contributed by atoms with Crippen molar-refractivity contribution in [2.75, 3.05) is 18.0 Å². The molecule has 1 aromatic rings. The lowest BCUT2D eigenvalue weighted by atomic mass is 10.1. The molecule has 0 aliphatic carbocycles. The first-order valence-electron chi connectivity index (χ1n) is 7.60. The second kappa shape index (κ2) is 7.46. The second-order valence-corrected chi connectivity index (χ2v) is 6.54. The molecule has 1 aromatic carbocycles. The van der Waals surface area contributed by atoms with Crippen LogP contribution in [0.5, 0.6) is 0 Å². The number of para-hydroxylation sites is 1. The van der Waals surface area contributed by atoms with Crippen LogP contribution in [-0.2, 0) is 4.79 Å². The summed E-state index contributed by atoms with van der Waals surface area (Å²) in [7, 11) is 0. The van der Waals surface area contributed by atoms with Gasteiger partial charge in [0.25, 0.3) is 0 Å². The molecule has 0 aromatic heterocycles. The van der Waals surface area contributed by atoms with Gasteiger partial charge < -0.3 is 16.0 Å². The summed E-state index contributed by atoms with van der Waals surface area (Å²) in [5.41, 5.74) is 7.69. The van der Waals surface area contributed by atoms with Crippen LogP contribution in [0.1, 0.15) is 39.7 Å². The predicted molar refractivity (Wildman–Crippen MR) is 89.6 cm³/mol. The number of amides is 1. The maximum atomic E-state index is 12.5. The topological polar surface area (TPSA) is 58.4 Å². The Bertz CT molecular complexity index is 465. The minimum absolute atomic E-state index is 0.0442. The quantitative estimate of drug-likeness (QED) is 0.846. The van der Waals surface area contributed by atoms with Gasteiger partial charge in [0.1, 0.15) is 6.04 Å². The summed E-state index contributed by atoms with van der Waals surface area (Å²) < 4.78 is 0. The standard InChI is InChI=1S/C17H29N3O/c1-13-9-6-7-10-15(13)20(12-8-11-18)14(2)16(21)19-17(3,4)5/h6-7,9-10,14H,8,11-12,18H2,1-5H3,(H,19,21). The van der Waals surface area contributed by atoms with E-state index in [1.165, 1.54) is 5.56 Å². The highest BCUT2D eigenvalue weighted by Crippen LogP contribution is 2.22. The van der Waals surface area contributed by atoms with E-state index in [9.17, 15) is 4.79 Å². The molecule has 0 heterocycles. The Morgan fingerprint density at radius 3 is 2.48 bits per heavy atom. The number of aryl methyl sites for hydroxylation is 1. The van der Waals surface area contributed by atoms with Gasteiger partial charge in [0, 0.05) is 17.8 Å². The van der Waals surface area contributed by atoms with Gasteiger partial charge in [-0.15, -0.1) is 0 Å². The van der Waals surface area contributed by atoms with E-state index in [1.54, 1.807) is 0 Å². The molecule has 1 unspecified atom stereocenters. The lowest BCUT2D eigenvalue weighted by Gasteiger charge is -2.33. The first-order chi connectivity index (χ1) is 9.76. The Hall–Kier alpha value is -1.55. The first-order valence-corrected chi connectivity index (χ1v) is 7.60. The highest BCUT2D eigenvalue weighted by Gasteiger charge is 2.25. The van der Waals surface area contributed by atoms with Crippen molar-refractivity contribution in [2.45, 2.75) is 52.6 Å². The van der Waals surface area contributed by atoms with Crippen molar-refractivity contribution in [1.82, 2.24) is 5.32 Å². The van der Waals surface area contributed by atoms with Crippen LogP contribution >= 0.6 is 0 Å². The fraction of sp³-hybridized carbons (Fsp3) is 0.588. The van der Waals surface area contributed by atoms with E-state index in [0.29, 0.717) is 6.54 Å². The fourth-order valence-corrected chi connectivity index (χ4v) is 2.29. The van der Waals surface area contributed by atoms with Crippen molar-refractivity contribution in [3.05, 3.63) is 29.8 Å². The van der Waals surface area contributed by atoms with Crippen molar-refractivity contribution >= 4 is 11.6 Å². The van der Waals surface area contributed by atoms with E-state index >= 15 is 0 Å². The van der Waals surface area contributed by atoms with Crippen LogP contribution in [0.3, 0.4) is 0 Å². The van der Waals surface area contributed by atoms with E-state index in [2.05, 4.69) is 29.3 Å². The van der Waals surface area contributed by atoms with Crippen LogP contribution < -0.4 is 16.0 Å². The summed E-state index contributed by atoms with van der Waals surface area (Å²) in [6.45, 7) is 11.4. The molecule has 1 rings (SSSR count). The minimum atomic E-state index is -0.226. The molecule has 1 amide bonds. The molecule has 0 saturated heterocycles. The summed E-state index contributed by atoms with van der Waals surface area (Å²) in [5.74, 6) is 0.0442.